The molecule has 158 valence electrons. The summed E-state index contributed by atoms with van der Waals surface area (Å²) in [4.78, 5) is 12.6. The monoisotopic (exact) mass is 427 g/mol. The zero-order chi connectivity index (χ0) is 21.9. The molecular formula is C22H25N3O4S. The lowest BCUT2D eigenvalue weighted by Gasteiger charge is -2.08. The lowest BCUT2D eigenvalue weighted by molar-refractivity contribution is -0.115. The summed E-state index contributed by atoms with van der Waals surface area (Å²) in [5.41, 5.74) is 3.92. The smallest absolute Gasteiger partial charge is 0.322 e. The molecule has 2 aromatic carbocycles. The maximum Gasteiger partial charge on any atom is 0.322 e. The number of anilines is 1. The van der Waals surface area contributed by atoms with E-state index in [9.17, 15) is 13.2 Å². The Balaban J connectivity index is 1.62. The Labute approximate surface area is 176 Å². The first-order valence-electron chi connectivity index (χ1n) is 9.66. The number of hydrogen-bond acceptors (Lipinski definition) is 6. The number of hydrogen-bond donors (Lipinski definition) is 1. The van der Waals surface area contributed by atoms with E-state index < -0.39 is 15.1 Å². The van der Waals surface area contributed by atoms with E-state index in [0.29, 0.717) is 12.3 Å². The van der Waals surface area contributed by atoms with E-state index in [1.165, 1.54) is 0 Å². The maximum absolute atomic E-state index is 12.3. The van der Waals surface area contributed by atoms with E-state index in [4.69, 9.17) is 4.42 Å². The van der Waals surface area contributed by atoms with Crippen molar-refractivity contribution in [1.82, 2.24) is 10.2 Å². The second kappa shape index (κ2) is 8.79. The lowest BCUT2D eigenvalue weighted by atomic mass is 10.0. The Morgan fingerprint density at radius 3 is 2.43 bits per heavy atom. The first-order valence-corrected chi connectivity index (χ1v) is 11.2. The summed E-state index contributed by atoms with van der Waals surface area (Å²) >= 11 is 0. The molecule has 7 nitrogen and oxygen atoms in total. The fourth-order valence-electron chi connectivity index (χ4n) is 2.95. The van der Waals surface area contributed by atoms with Crippen LogP contribution < -0.4 is 5.32 Å². The van der Waals surface area contributed by atoms with Crippen LogP contribution in [0.1, 0.15) is 42.0 Å². The Hall–Kier alpha value is -3.00. The molecule has 3 aromatic rings. The predicted octanol–water partition coefficient (Wildman–Crippen LogP) is 3.64. The zero-order valence-corrected chi connectivity index (χ0v) is 18.3. The van der Waals surface area contributed by atoms with Crippen LogP contribution in [0.4, 0.5) is 6.01 Å². The van der Waals surface area contributed by atoms with Crippen molar-refractivity contribution in [3.8, 4) is 0 Å². The summed E-state index contributed by atoms with van der Waals surface area (Å²) < 4.78 is 29.9. The number of nitrogens with one attached hydrogen (secondary N) is 1. The molecule has 0 saturated carbocycles. The molecule has 0 saturated heterocycles. The largest absolute Gasteiger partial charge is 0.407 e. The summed E-state index contributed by atoms with van der Waals surface area (Å²) in [5.74, 6) is 0.0960. The minimum atomic E-state index is -3.31. The van der Waals surface area contributed by atoms with E-state index in [1.54, 1.807) is 38.1 Å². The Kier molecular flexibility index (Phi) is 6.36. The number of amides is 1. The van der Waals surface area contributed by atoms with Gasteiger partial charge < -0.3 is 4.42 Å². The molecule has 8 heteroatoms. The Bertz CT molecular complexity index is 1150. The van der Waals surface area contributed by atoms with Gasteiger partial charge in [-0.15, -0.1) is 5.10 Å². The standard InChI is InChI=1S/C22H25N3O4S/c1-14(2)30(27,28)19-9-7-17(8-10-19)12-21-24-25-22(29-21)23-20(26)13-18-11-15(3)5-6-16(18)4/h5-11,14H,12-13H2,1-4H3,(H,23,25,26). The quantitative estimate of drug-likeness (QED) is 0.618. The molecule has 0 bridgehead atoms. The first-order chi connectivity index (χ1) is 14.1. The van der Waals surface area contributed by atoms with Crippen molar-refractivity contribution in [3.05, 3.63) is 70.6 Å². The number of aryl methyl sites for hydroxylation is 2. The van der Waals surface area contributed by atoms with Gasteiger partial charge in [0, 0.05) is 0 Å². The fourth-order valence-corrected chi connectivity index (χ4v) is 4.01. The topological polar surface area (TPSA) is 102 Å². The van der Waals surface area contributed by atoms with Gasteiger partial charge in [-0.25, -0.2) is 8.42 Å². The molecule has 0 aliphatic heterocycles. The van der Waals surface area contributed by atoms with Gasteiger partial charge in [-0.05, 0) is 56.5 Å². The van der Waals surface area contributed by atoms with Gasteiger partial charge in [0.1, 0.15) is 0 Å². The lowest BCUT2D eigenvalue weighted by Crippen LogP contribution is -2.15. The molecule has 0 aliphatic carbocycles. The number of nitrogens with zero attached hydrogens (tertiary/aromatic N) is 2. The summed E-state index contributed by atoms with van der Waals surface area (Å²) in [6, 6.07) is 12.6. The van der Waals surface area contributed by atoms with Crippen molar-refractivity contribution < 1.29 is 17.6 Å². The number of carbonyl (C=O) groups excluding carboxylic acids is 1. The van der Waals surface area contributed by atoms with Crippen LogP contribution in [-0.2, 0) is 27.5 Å². The Morgan fingerprint density at radius 2 is 1.77 bits per heavy atom. The molecular weight excluding hydrogens is 402 g/mol. The van der Waals surface area contributed by atoms with Crippen LogP contribution in [0.15, 0.2) is 51.8 Å². The zero-order valence-electron chi connectivity index (χ0n) is 17.5. The highest BCUT2D eigenvalue weighted by Crippen LogP contribution is 2.19. The minimum Gasteiger partial charge on any atom is -0.407 e. The van der Waals surface area contributed by atoms with Crippen LogP contribution >= 0.6 is 0 Å². The van der Waals surface area contributed by atoms with Crippen LogP contribution in [-0.4, -0.2) is 29.8 Å². The van der Waals surface area contributed by atoms with Crippen LogP contribution in [0.2, 0.25) is 0 Å². The highest BCUT2D eigenvalue weighted by Gasteiger charge is 2.19. The van der Waals surface area contributed by atoms with E-state index in [2.05, 4.69) is 15.5 Å². The maximum atomic E-state index is 12.3. The van der Waals surface area contributed by atoms with Gasteiger partial charge in [-0.2, -0.15) is 0 Å². The molecule has 0 fully saturated rings. The summed E-state index contributed by atoms with van der Waals surface area (Å²) in [6.07, 6.45) is 0.554. The van der Waals surface area contributed by atoms with Gasteiger partial charge in [-0.1, -0.05) is 41.0 Å². The average Bonchev–Trinajstić information content (AvgIpc) is 3.11. The number of sulfone groups is 1. The number of carbonyl (C=O) groups is 1. The highest BCUT2D eigenvalue weighted by molar-refractivity contribution is 7.92. The molecule has 0 unspecified atom stereocenters. The van der Waals surface area contributed by atoms with Crippen molar-refractivity contribution in [2.75, 3.05) is 5.32 Å². The summed E-state index contributed by atoms with van der Waals surface area (Å²) in [7, 11) is -3.31. The third kappa shape index (κ3) is 5.13. The van der Waals surface area contributed by atoms with Gasteiger partial charge >= 0.3 is 6.01 Å². The second-order valence-electron chi connectivity index (χ2n) is 7.57. The van der Waals surface area contributed by atoms with E-state index in [-0.39, 0.29) is 23.2 Å². The van der Waals surface area contributed by atoms with E-state index in [1.807, 2.05) is 32.0 Å². The second-order valence-corrected chi connectivity index (χ2v) is 10.1. The predicted molar refractivity (Wildman–Crippen MR) is 114 cm³/mol. The van der Waals surface area contributed by atoms with Crippen molar-refractivity contribution in [3.63, 3.8) is 0 Å². The van der Waals surface area contributed by atoms with Gasteiger partial charge in [0.05, 0.1) is 23.0 Å². The SMILES string of the molecule is Cc1ccc(C)c(CC(=O)Nc2nnc(Cc3ccc(S(=O)(=O)C(C)C)cc3)o2)c1. The molecule has 1 aromatic heterocycles. The average molecular weight is 428 g/mol. The summed E-state index contributed by atoms with van der Waals surface area (Å²) in [5, 5.41) is 9.97. The highest BCUT2D eigenvalue weighted by atomic mass is 32.2. The van der Waals surface area contributed by atoms with E-state index in [0.717, 1.165) is 22.3 Å². The number of benzene rings is 2. The number of aromatic nitrogens is 2. The van der Waals surface area contributed by atoms with Gasteiger partial charge in [0.15, 0.2) is 9.84 Å². The normalized spacial score (nSPS) is 11.6. The van der Waals surface area contributed by atoms with Gasteiger partial charge in [0.25, 0.3) is 0 Å². The molecule has 30 heavy (non-hydrogen) atoms. The molecule has 0 radical (unpaired) electrons. The van der Waals surface area contributed by atoms with Crippen LogP contribution in [0, 0.1) is 13.8 Å². The third-order valence-electron chi connectivity index (χ3n) is 4.80. The molecule has 1 N–H and O–H groups in total. The van der Waals surface area contributed by atoms with Gasteiger partial charge in [-0.3, -0.25) is 10.1 Å². The van der Waals surface area contributed by atoms with Crippen molar-refractivity contribution >= 4 is 21.8 Å². The van der Waals surface area contributed by atoms with Crippen molar-refractivity contribution in [1.29, 1.82) is 0 Å². The van der Waals surface area contributed by atoms with Crippen LogP contribution in [0.5, 0.6) is 0 Å². The van der Waals surface area contributed by atoms with Crippen LogP contribution in [0.3, 0.4) is 0 Å². The molecule has 0 aliphatic rings. The fraction of sp³-hybridized carbons (Fsp3) is 0.318. The molecule has 3 rings (SSSR count). The Morgan fingerprint density at radius 1 is 1.07 bits per heavy atom. The van der Waals surface area contributed by atoms with Crippen molar-refractivity contribution in [2.45, 2.75) is 50.7 Å². The molecule has 1 amide bonds. The molecule has 0 atom stereocenters. The first kappa shape index (κ1) is 21.7. The molecule has 1 heterocycles. The summed E-state index contributed by atoms with van der Waals surface area (Å²) in [6.45, 7) is 7.25. The molecule has 0 spiro atoms. The van der Waals surface area contributed by atoms with Crippen molar-refractivity contribution in [2.24, 2.45) is 0 Å². The minimum absolute atomic E-state index is 0.0410. The van der Waals surface area contributed by atoms with E-state index >= 15 is 0 Å². The third-order valence-corrected chi connectivity index (χ3v) is 6.97. The van der Waals surface area contributed by atoms with Crippen LogP contribution in [0.25, 0.3) is 0 Å². The van der Waals surface area contributed by atoms with Gasteiger partial charge in [0.2, 0.25) is 11.8 Å². The number of rotatable bonds is 7.